The second-order valence-electron chi connectivity index (χ2n) is 6.21. The highest BCUT2D eigenvalue weighted by atomic mass is 32.1. The lowest BCUT2D eigenvalue weighted by atomic mass is 10.1. The van der Waals surface area contributed by atoms with Gasteiger partial charge in [0.2, 0.25) is 5.91 Å². The molecule has 6 heteroatoms. The van der Waals surface area contributed by atoms with Crippen molar-refractivity contribution in [2.24, 2.45) is 5.92 Å². The van der Waals surface area contributed by atoms with Gasteiger partial charge in [-0.05, 0) is 55.3 Å². The molecule has 1 fully saturated rings. The predicted octanol–water partition coefficient (Wildman–Crippen LogP) is 4.41. The zero-order valence-electron chi connectivity index (χ0n) is 13.9. The van der Waals surface area contributed by atoms with Crippen LogP contribution in [0.15, 0.2) is 60.1 Å². The Labute approximate surface area is 155 Å². The number of amides is 2. The molecule has 130 valence electrons. The standard InChI is InChI=1S/C20H17N3O2S/c24-18(13-4-5-13)23-17-3-1-2-15(12-17)19(25)22-16-8-6-14(7-9-16)20-21-10-11-26-20/h1-3,6-13H,4-5H2,(H,22,25)(H,23,24). The van der Waals surface area contributed by atoms with Crippen molar-refractivity contribution in [1.82, 2.24) is 4.98 Å². The van der Waals surface area contributed by atoms with Crippen LogP contribution in [-0.2, 0) is 4.79 Å². The van der Waals surface area contributed by atoms with Gasteiger partial charge in [0.1, 0.15) is 5.01 Å². The summed E-state index contributed by atoms with van der Waals surface area (Å²) in [4.78, 5) is 28.6. The molecule has 2 amide bonds. The molecule has 1 heterocycles. The van der Waals surface area contributed by atoms with E-state index in [4.69, 9.17) is 0 Å². The number of benzene rings is 2. The van der Waals surface area contributed by atoms with Crippen molar-refractivity contribution in [1.29, 1.82) is 0 Å². The quantitative estimate of drug-likeness (QED) is 0.705. The molecule has 1 aliphatic carbocycles. The van der Waals surface area contributed by atoms with Gasteiger partial charge < -0.3 is 10.6 Å². The van der Waals surface area contributed by atoms with Crippen LogP contribution in [0, 0.1) is 5.92 Å². The molecule has 0 unspecified atom stereocenters. The lowest BCUT2D eigenvalue weighted by Gasteiger charge is -2.08. The molecule has 0 radical (unpaired) electrons. The van der Waals surface area contributed by atoms with Gasteiger partial charge in [-0.1, -0.05) is 6.07 Å². The number of thiazole rings is 1. The third-order valence-electron chi connectivity index (χ3n) is 4.16. The van der Waals surface area contributed by atoms with Crippen LogP contribution in [0.4, 0.5) is 11.4 Å². The highest BCUT2D eigenvalue weighted by Crippen LogP contribution is 2.30. The van der Waals surface area contributed by atoms with E-state index in [1.54, 1.807) is 41.8 Å². The second-order valence-corrected chi connectivity index (χ2v) is 7.11. The Morgan fingerprint density at radius 2 is 1.81 bits per heavy atom. The minimum absolute atomic E-state index is 0.0281. The summed E-state index contributed by atoms with van der Waals surface area (Å²) in [6.07, 6.45) is 3.66. The molecule has 2 N–H and O–H groups in total. The first-order chi connectivity index (χ1) is 12.7. The number of aromatic nitrogens is 1. The van der Waals surface area contributed by atoms with Gasteiger partial charge in [0.05, 0.1) is 0 Å². The number of hydrogen-bond donors (Lipinski definition) is 2. The van der Waals surface area contributed by atoms with E-state index in [0.717, 1.165) is 23.4 Å². The molecule has 5 nitrogen and oxygen atoms in total. The van der Waals surface area contributed by atoms with Crippen molar-refractivity contribution in [3.05, 3.63) is 65.7 Å². The van der Waals surface area contributed by atoms with Crippen LogP contribution in [0.3, 0.4) is 0 Å². The highest BCUT2D eigenvalue weighted by Gasteiger charge is 2.29. The van der Waals surface area contributed by atoms with E-state index in [9.17, 15) is 9.59 Å². The average molecular weight is 363 g/mol. The molecule has 0 saturated heterocycles. The molecule has 1 aliphatic rings. The third-order valence-corrected chi connectivity index (χ3v) is 4.98. The van der Waals surface area contributed by atoms with Crippen LogP contribution < -0.4 is 10.6 Å². The number of nitrogens with one attached hydrogen (secondary N) is 2. The van der Waals surface area contributed by atoms with Gasteiger partial charge in [-0.3, -0.25) is 9.59 Å². The highest BCUT2D eigenvalue weighted by molar-refractivity contribution is 7.13. The maximum atomic E-state index is 12.5. The van der Waals surface area contributed by atoms with Crippen molar-refractivity contribution >= 4 is 34.5 Å². The first kappa shape index (κ1) is 16.5. The lowest BCUT2D eigenvalue weighted by molar-refractivity contribution is -0.117. The Hall–Kier alpha value is -2.99. The van der Waals surface area contributed by atoms with Crippen LogP contribution in [0.1, 0.15) is 23.2 Å². The van der Waals surface area contributed by atoms with Crippen LogP contribution >= 0.6 is 11.3 Å². The summed E-state index contributed by atoms with van der Waals surface area (Å²) >= 11 is 1.57. The monoisotopic (exact) mass is 363 g/mol. The summed E-state index contributed by atoms with van der Waals surface area (Å²) in [5.74, 6) is -0.0568. The van der Waals surface area contributed by atoms with E-state index in [-0.39, 0.29) is 17.7 Å². The number of nitrogens with zero attached hydrogens (tertiary/aromatic N) is 1. The molecule has 0 spiro atoms. The SMILES string of the molecule is O=C(Nc1ccc(-c2nccs2)cc1)c1cccc(NC(=O)C2CC2)c1. The van der Waals surface area contributed by atoms with Crippen molar-refractivity contribution < 1.29 is 9.59 Å². The molecule has 4 rings (SSSR count). The van der Waals surface area contributed by atoms with Crippen molar-refractivity contribution in [2.45, 2.75) is 12.8 Å². The summed E-state index contributed by atoms with van der Waals surface area (Å²) in [5.41, 5.74) is 2.88. The summed E-state index contributed by atoms with van der Waals surface area (Å²) in [7, 11) is 0. The average Bonchev–Trinajstić information content (AvgIpc) is 3.38. The number of carbonyl (C=O) groups is 2. The molecular formula is C20H17N3O2S. The molecule has 1 saturated carbocycles. The molecule has 1 aromatic heterocycles. The maximum Gasteiger partial charge on any atom is 0.255 e. The fraction of sp³-hybridized carbons (Fsp3) is 0.150. The third kappa shape index (κ3) is 3.81. The number of carbonyl (C=O) groups excluding carboxylic acids is 2. The van der Waals surface area contributed by atoms with E-state index in [2.05, 4.69) is 15.6 Å². The summed E-state index contributed by atoms with van der Waals surface area (Å²) in [5, 5.41) is 8.62. The molecule has 3 aromatic rings. The van der Waals surface area contributed by atoms with Crippen LogP contribution in [-0.4, -0.2) is 16.8 Å². The molecular weight excluding hydrogens is 346 g/mol. The van der Waals surface area contributed by atoms with Gasteiger partial charge >= 0.3 is 0 Å². The topological polar surface area (TPSA) is 71.1 Å². The van der Waals surface area contributed by atoms with Crippen LogP contribution in [0.25, 0.3) is 10.6 Å². The van der Waals surface area contributed by atoms with Crippen LogP contribution in [0.2, 0.25) is 0 Å². The zero-order chi connectivity index (χ0) is 17.9. The maximum absolute atomic E-state index is 12.5. The summed E-state index contributed by atoms with van der Waals surface area (Å²) in [6, 6.07) is 14.6. The fourth-order valence-corrected chi connectivity index (χ4v) is 3.24. The van der Waals surface area contributed by atoms with Crippen molar-refractivity contribution in [3.8, 4) is 10.6 Å². The van der Waals surface area contributed by atoms with Crippen LogP contribution in [0.5, 0.6) is 0 Å². The van der Waals surface area contributed by atoms with Gasteiger partial charge in [0.25, 0.3) is 5.91 Å². The van der Waals surface area contributed by atoms with E-state index in [0.29, 0.717) is 16.9 Å². The minimum atomic E-state index is -0.213. The van der Waals surface area contributed by atoms with Gasteiger partial charge in [-0.25, -0.2) is 4.98 Å². The zero-order valence-corrected chi connectivity index (χ0v) is 14.8. The Bertz CT molecular complexity index is 932. The Kier molecular flexibility index (Phi) is 4.50. The Morgan fingerprint density at radius 1 is 1.00 bits per heavy atom. The van der Waals surface area contributed by atoms with Gasteiger partial charge in [-0.2, -0.15) is 0 Å². The smallest absolute Gasteiger partial charge is 0.255 e. The van der Waals surface area contributed by atoms with Gasteiger partial charge in [0, 0.05) is 40.0 Å². The largest absolute Gasteiger partial charge is 0.326 e. The molecule has 2 aromatic carbocycles. The molecule has 0 atom stereocenters. The second kappa shape index (κ2) is 7.09. The van der Waals surface area contributed by atoms with E-state index >= 15 is 0 Å². The first-order valence-corrected chi connectivity index (χ1v) is 9.29. The molecule has 0 aliphatic heterocycles. The molecule has 0 bridgehead atoms. The predicted molar refractivity (Wildman–Crippen MR) is 103 cm³/mol. The summed E-state index contributed by atoms with van der Waals surface area (Å²) < 4.78 is 0. The van der Waals surface area contributed by atoms with Gasteiger partial charge in [-0.15, -0.1) is 11.3 Å². The Balaban J connectivity index is 1.43. The molecule has 26 heavy (non-hydrogen) atoms. The lowest BCUT2D eigenvalue weighted by Crippen LogP contribution is -2.15. The minimum Gasteiger partial charge on any atom is -0.326 e. The number of rotatable bonds is 5. The van der Waals surface area contributed by atoms with Gasteiger partial charge in [0.15, 0.2) is 0 Å². The normalized spacial score (nSPS) is 13.2. The summed E-state index contributed by atoms with van der Waals surface area (Å²) in [6.45, 7) is 0. The Morgan fingerprint density at radius 3 is 2.50 bits per heavy atom. The first-order valence-electron chi connectivity index (χ1n) is 8.41. The van der Waals surface area contributed by atoms with E-state index in [1.807, 2.05) is 29.6 Å². The van der Waals surface area contributed by atoms with E-state index in [1.165, 1.54) is 0 Å². The fourth-order valence-electron chi connectivity index (χ4n) is 2.59. The van der Waals surface area contributed by atoms with E-state index < -0.39 is 0 Å². The number of anilines is 2. The van der Waals surface area contributed by atoms with Crippen molar-refractivity contribution in [2.75, 3.05) is 10.6 Å². The number of hydrogen-bond acceptors (Lipinski definition) is 4. The van der Waals surface area contributed by atoms with Crippen molar-refractivity contribution in [3.63, 3.8) is 0 Å².